The van der Waals surface area contributed by atoms with Crippen LogP contribution in [0.4, 0.5) is 0 Å². The summed E-state index contributed by atoms with van der Waals surface area (Å²) < 4.78 is 5.18. The zero-order chi connectivity index (χ0) is 18.2. The van der Waals surface area contributed by atoms with Gasteiger partial charge in [-0.25, -0.2) is 4.79 Å². The number of nitrogens with zero attached hydrogens (tertiary/aromatic N) is 1. The quantitative estimate of drug-likeness (QED) is 0.822. The summed E-state index contributed by atoms with van der Waals surface area (Å²) in [4.78, 5) is 24.1. The summed E-state index contributed by atoms with van der Waals surface area (Å²) in [5.74, 6) is -0.778. The molecule has 0 spiro atoms. The van der Waals surface area contributed by atoms with Crippen LogP contribution in [-0.2, 0) is 9.53 Å². The van der Waals surface area contributed by atoms with Gasteiger partial charge in [-0.2, -0.15) is 5.26 Å². The van der Waals surface area contributed by atoms with Gasteiger partial charge < -0.3 is 10.1 Å². The molecule has 2 atom stereocenters. The number of benzene rings is 2. The summed E-state index contributed by atoms with van der Waals surface area (Å²) >= 11 is 0. The lowest BCUT2D eigenvalue weighted by Crippen LogP contribution is -2.37. The average molecular weight is 336 g/mol. The molecule has 0 heterocycles. The van der Waals surface area contributed by atoms with Crippen LogP contribution in [0, 0.1) is 11.3 Å². The van der Waals surface area contributed by atoms with Crippen LogP contribution in [0.2, 0.25) is 0 Å². The number of nitriles is 1. The van der Waals surface area contributed by atoms with Crippen LogP contribution in [0.3, 0.4) is 0 Å². The predicted molar refractivity (Wildman–Crippen MR) is 93.9 cm³/mol. The Morgan fingerprint density at radius 3 is 2.32 bits per heavy atom. The van der Waals surface area contributed by atoms with E-state index in [4.69, 9.17) is 10.00 Å². The number of amides is 1. The monoisotopic (exact) mass is 336 g/mol. The Labute approximate surface area is 147 Å². The van der Waals surface area contributed by atoms with Gasteiger partial charge in [-0.3, -0.25) is 4.79 Å². The molecule has 0 unspecified atom stereocenters. The molecule has 5 heteroatoms. The second-order valence-corrected chi connectivity index (χ2v) is 5.79. The number of esters is 1. The van der Waals surface area contributed by atoms with Crippen LogP contribution in [0.5, 0.6) is 0 Å². The normalized spacial score (nSPS) is 12.5. The van der Waals surface area contributed by atoms with Crippen molar-refractivity contribution in [2.24, 2.45) is 0 Å². The van der Waals surface area contributed by atoms with E-state index in [1.807, 2.05) is 43.3 Å². The van der Waals surface area contributed by atoms with Crippen molar-refractivity contribution in [3.05, 3.63) is 71.3 Å². The van der Waals surface area contributed by atoms with Crippen molar-refractivity contribution in [1.29, 1.82) is 5.26 Å². The molecule has 0 saturated carbocycles. The fourth-order valence-electron chi connectivity index (χ4n) is 2.26. The Hall–Kier alpha value is -3.13. The first kappa shape index (κ1) is 18.2. The van der Waals surface area contributed by atoms with Crippen molar-refractivity contribution < 1.29 is 14.3 Å². The Bertz CT molecular complexity index is 764. The highest BCUT2D eigenvalue weighted by Gasteiger charge is 2.19. The summed E-state index contributed by atoms with van der Waals surface area (Å²) in [7, 11) is 0. The topological polar surface area (TPSA) is 79.2 Å². The lowest BCUT2D eigenvalue weighted by Gasteiger charge is -2.16. The van der Waals surface area contributed by atoms with Gasteiger partial charge in [0.05, 0.1) is 17.2 Å². The standard InChI is InChI=1S/C20H20N2O3/c1-14(17-6-4-3-5-7-17)13-22-19(23)15(2)25-20(24)18-10-8-16(12-21)9-11-18/h3-11,14-15H,13H2,1-2H3,(H,22,23)/t14-,15+/m1/s1. The van der Waals surface area contributed by atoms with E-state index in [1.54, 1.807) is 0 Å². The van der Waals surface area contributed by atoms with Crippen LogP contribution >= 0.6 is 0 Å². The lowest BCUT2D eigenvalue weighted by molar-refractivity contribution is -0.129. The average Bonchev–Trinajstić information content (AvgIpc) is 2.66. The fourth-order valence-corrected chi connectivity index (χ4v) is 2.26. The zero-order valence-corrected chi connectivity index (χ0v) is 14.2. The van der Waals surface area contributed by atoms with Gasteiger partial charge in [-0.05, 0) is 42.7 Å². The van der Waals surface area contributed by atoms with Crippen LogP contribution in [0.15, 0.2) is 54.6 Å². The summed E-state index contributed by atoms with van der Waals surface area (Å²) in [6, 6.07) is 17.9. The van der Waals surface area contributed by atoms with E-state index in [-0.39, 0.29) is 11.8 Å². The molecule has 2 aromatic rings. The molecule has 0 aliphatic rings. The highest BCUT2D eigenvalue weighted by atomic mass is 16.5. The van der Waals surface area contributed by atoms with Gasteiger partial charge in [0.15, 0.2) is 6.10 Å². The second-order valence-electron chi connectivity index (χ2n) is 5.79. The van der Waals surface area contributed by atoms with E-state index < -0.39 is 12.1 Å². The van der Waals surface area contributed by atoms with Gasteiger partial charge in [0.2, 0.25) is 0 Å². The molecule has 0 aromatic heterocycles. The maximum Gasteiger partial charge on any atom is 0.338 e. The molecule has 0 saturated heterocycles. The Kier molecular flexibility index (Phi) is 6.30. The van der Waals surface area contributed by atoms with E-state index in [9.17, 15) is 9.59 Å². The molecular formula is C20H20N2O3. The summed E-state index contributed by atoms with van der Waals surface area (Å²) in [6.45, 7) is 4.01. The maximum absolute atomic E-state index is 12.1. The minimum absolute atomic E-state index is 0.159. The van der Waals surface area contributed by atoms with E-state index in [0.717, 1.165) is 5.56 Å². The highest BCUT2D eigenvalue weighted by molar-refractivity contribution is 5.92. The van der Waals surface area contributed by atoms with Gasteiger partial charge in [0.1, 0.15) is 0 Å². The first-order valence-corrected chi connectivity index (χ1v) is 8.05. The van der Waals surface area contributed by atoms with Gasteiger partial charge in [-0.1, -0.05) is 37.3 Å². The number of nitrogens with one attached hydrogen (secondary N) is 1. The Morgan fingerprint density at radius 2 is 1.72 bits per heavy atom. The molecule has 1 amide bonds. The molecule has 0 aliphatic heterocycles. The van der Waals surface area contributed by atoms with E-state index in [1.165, 1.54) is 31.2 Å². The fraction of sp³-hybridized carbons (Fsp3) is 0.250. The first-order valence-electron chi connectivity index (χ1n) is 8.05. The summed E-state index contributed by atoms with van der Waals surface area (Å²) in [5.41, 5.74) is 1.89. The molecule has 0 bridgehead atoms. The number of rotatable bonds is 6. The summed E-state index contributed by atoms with van der Waals surface area (Å²) in [5, 5.41) is 11.5. The molecule has 0 radical (unpaired) electrons. The highest BCUT2D eigenvalue weighted by Crippen LogP contribution is 2.13. The molecule has 128 valence electrons. The third-order valence-corrected chi connectivity index (χ3v) is 3.85. The molecule has 5 nitrogen and oxygen atoms in total. The van der Waals surface area contributed by atoms with Crippen molar-refractivity contribution in [3.8, 4) is 6.07 Å². The molecule has 0 aliphatic carbocycles. The van der Waals surface area contributed by atoms with Gasteiger partial charge in [0, 0.05) is 6.54 Å². The molecule has 0 fully saturated rings. The number of carbonyl (C=O) groups excluding carboxylic acids is 2. The SMILES string of the molecule is C[C@H](OC(=O)c1ccc(C#N)cc1)C(=O)NC[C@@H](C)c1ccccc1. The summed E-state index contributed by atoms with van der Waals surface area (Å²) in [6.07, 6.45) is -0.897. The van der Waals surface area contributed by atoms with Crippen molar-refractivity contribution in [2.45, 2.75) is 25.9 Å². The van der Waals surface area contributed by atoms with Crippen molar-refractivity contribution in [3.63, 3.8) is 0 Å². The molecule has 2 rings (SSSR count). The van der Waals surface area contributed by atoms with Crippen molar-refractivity contribution in [2.75, 3.05) is 6.54 Å². The Morgan fingerprint density at radius 1 is 1.08 bits per heavy atom. The largest absolute Gasteiger partial charge is 0.449 e. The third kappa shape index (κ3) is 5.18. The van der Waals surface area contributed by atoms with E-state index in [0.29, 0.717) is 17.7 Å². The van der Waals surface area contributed by atoms with E-state index >= 15 is 0 Å². The van der Waals surface area contributed by atoms with Crippen molar-refractivity contribution >= 4 is 11.9 Å². The van der Waals surface area contributed by atoms with E-state index in [2.05, 4.69) is 5.32 Å². The minimum Gasteiger partial charge on any atom is -0.449 e. The van der Waals surface area contributed by atoms with Crippen LogP contribution < -0.4 is 5.32 Å². The van der Waals surface area contributed by atoms with Crippen LogP contribution in [-0.4, -0.2) is 24.5 Å². The lowest BCUT2D eigenvalue weighted by atomic mass is 10.0. The second kappa shape index (κ2) is 8.65. The van der Waals surface area contributed by atoms with Crippen molar-refractivity contribution in [1.82, 2.24) is 5.32 Å². The molecule has 2 aromatic carbocycles. The smallest absolute Gasteiger partial charge is 0.338 e. The molecule has 25 heavy (non-hydrogen) atoms. The van der Waals surface area contributed by atoms with Gasteiger partial charge >= 0.3 is 5.97 Å². The van der Waals surface area contributed by atoms with Gasteiger partial charge in [0.25, 0.3) is 5.91 Å². The first-order chi connectivity index (χ1) is 12.0. The van der Waals surface area contributed by atoms with Crippen LogP contribution in [0.1, 0.15) is 41.3 Å². The molecular weight excluding hydrogens is 316 g/mol. The number of hydrogen-bond donors (Lipinski definition) is 1. The third-order valence-electron chi connectivity index (χ3n) is 3.85. The predicted octanol–water partition coefficient (Wildman–Crippen LogP) is 3.02. The maximum atomic E-state index is 12.1. The number of hydrogen-bond acceptors (Lipinski definition) is 4. The number of carbonyl (C=O) groups is 2. The minimum atomic E-state index is -0.897. The van der Waals surface area contributed by atoms with Crippen LogP contribution in [0.25, 0.3) is 0 Å². The van der Waals surface area contributed by atoms with Gasteiger partial charge in [-0.15, -0.1) is 0 Å². The molecule has 1 N–H and O–H groups in total. The Balaban J connectivity index is 1.85. The number of ether oxygens (including phenoxy) is 1. The zero-order valence-electron chi connectivity index (χ0n) is 14.2.